The van der Waals surface area contributed by atoms with E-state index >= 15 is 0 Å². The highest BCUT2D eigenvalue weighted by molar-refractivity contribution is 7.99. The van der Waals surface area contributed by atoms with Crippen molar-refractivity contribution in [3.05, 3.63) is 30.1 Å². The molecule has 116 valence electrons. The van der Waals surface area contributed by atoms with E-state index in [4.69, 9.17) is 0 Å². The van der Waals surface area contributed by atoms with E-state index in [1.54, 1.807) is 41.9 Å². The number of urea groups is 1. The highest BCUT2D eigenvalue weighted by atomic mass is 32.2. The van der Waals surface area contributed by atoms with Crippen LogP contribution in [-0.4, -0.2) is 29.6 Å². The Labute approximate surface area is 130 Å². The average Bonchev–Trinajstić information content (AvgIpc) is 2.50. The van der Waals surface area contributed by atoms with Gasteiger partial charge < -0.3 is 10.2 Å². The standard InChI is InChI=1S/C16H23FN2OS/c1-19(12-21-11-13-7-3-2-4-8-13)16(20)18-15-10-6-5-9-14(15)17/h5-6,9-10,13H,2-4,7-8,11-12H2,1H3,(H,18,20). The summed E-state index contributed by atoms with van der Waals surface area (Å²) in [5, 5.41) is 2.60. The van der Waals surface area contributed by atoms with Crippen molar-refractivity contribution in [3.63, 3.8) is 0 Å². The summed E-state index contributed by atoms with van der Waals surface area (Å²) >= 11 is 1.78. The molecule has 2 amide bonds. The van der Waals surface area contributed by atoms with Crippen molar-refractivity contribution < 1.29 is 9.18 Å². The van der Waals surface area contributed by atoms with Crippen LogP contribution < -0.4 is 5.32 Å². The van der Waals surface area contributed by atoms with Crippen LogP contribution in [0.15, 0.2) is 24.3 Å². The topological polar surface area (TPSA) is 32.3 Å². The molecule has 0 unspecified atom stereocenters. The molecule has 1 fully saturated rings. The van der Waals surface area contributed by atoms with E-state index in [9.17, 15) is 9.18 Å². The first-order chi connectivity index (χ1) is 10.2. The third-order valence-electron chi connectivity index (χ3n) is 3.83. The summed E-state index contributed by atoms with van der Waals surface area (Å²) in [7, 11) is 1.74. The van der Waals surface area contributed by atoms with E-state index < -0.39 is 5.82 Å². The zero-order valence-electron chi connectivity index (χ0n) is 12.5. The minimum absolute atomic E-state index is 0.228. The maximum Gasteiger partial charge on any atom is 0.322 e. The van der Waals surface area contributed by atoms with Gasteiger partial charge in [-0.15, -0.1) is 11.8 Å². The van der Waals surface area contributed by atoms with Crippen molar-refractivity contribution >= 4 is 23.5 Å². The Morgan fingerprint density at radius 1 is 1.33 bits per heavy atom. The van der Waals surface area contributed by atoms with Gasteiger partial charge in [0.05, 0.1) is 11.6 Å². The molecular weight excluding hydrogens is 287 g/mol. The molecule has 0 aliphatic heterocycles. The Balaban J connectivity index is 1.71. The van der Waals surface area contributed by atoms with Crippen LogP contribution in [0.2, 0.25) is 0 Å². The van der Waals surface area contributed by atoms with Crippen LogP contribution in [-0.2, 0) is 0 Å². The number of hydrogen-bond donors (Lipinski definition) is 1. The number of benzene rings is 1. The zero-order chi connectivity index (χ0) is 15.1. The third kappa shape index (κ3) is 5.23. The maximum absolute atomic E-state index is 13.5. The second kappa shape index (κ2) is 8.27. The van der Waals surface area contributed by atoms with E-state index in [2.05, 4.69) is 5.32 Å². The first kappa shape index (κ1) is 16.1. The normalized spacial score (nSPS) is 15.7. The van der Waals surface area contributed by atoms with Crippen LogP contribution in [0.3, 0.4) is 0 Å². The van der Waals surface area contributed by atoms with Crippen LogP contribution in [0.1, 0.15) is 32.1 Å². The Hall–Kier alpha value is -1.23. The number of amides is 2. The summed E-state index contributed by atoms with van der Waals surface area (Å²) in [6.07, 6.45) is 6.69. The molecule has 0 atom stereocenters. The predicted molar refractivity (Wildman–Crippen MR) is 87.1 cm³/mol. The molecule has 21 heavy (non-hydrogen) atoms. The van der Waals surface area contributed by atoms with Crippen LogP contribution in [0.5, 0.6) is 0 Å². The Kier molecular flexibility index (Phi) is 6.36. The van der Waals surface area contributed by atoms with Crippen molar-refractivity contribution in [2.75, 3.05) is 24.0 Å². The molecule has 1 aliphatic carbocycles. The van der Waals surface area contributed by atoms with E-state index in [0.717, 1.165) is 11.7 Å². The van der Waals surface area contributed by atoms with Gasteiger partial charge in [-0.3, -0.25) is 0 Å². The van der Waals surface area contributed by atoms with E-state index in [1.165, 1.54) is 38.2 Å². The van der Waals surface area contributed by atoms with Crippen LogP contribution in [0, 0.1) is 11.7 Å². The molecule has 1 aromatic rings. The SMILES string of the molecule is CN(CSCC1CCCCC1)C(=O)Nc1ccccc1F. The molecule has 0 saturated heterocycles. The molecular formula is C16H23FN2OS. The minimum atomic E-state index is -0.408. The van der Waals surface area contributed by atoms with E-state index in [1.807, 2.05) is 0 Å². The fourth-order valence-electron chi connectivity index (χ4n) is 2.54. The smallest absolute Gasteiger partial charge is 0.318 e. The monoisotopic (exact) mass is 310 g/mol. The van der Waals surface area contributed by atoms with Crippen LogP contribution in [0.25, 0.3) is 0 Å². The number of anilines is 1. The first-order valence-electron chi connectivity index (χ1n) is 7.51. The molecule has 1 saturated carbocycles. The highest BCUT2D eigenvalue weighted by Crippen LogP contribution is 2.26. The van der Waals surface area contributed by atoms with Crippen LogP contribution in [0.4, 0.5) is 14.9 Å². The van der Waals surface area contributed by atoms with Gasteiger partial charge in [-0.1, -0.05) is 31.4 Å². The summed E-state index contributed by atoms with van der Waals surface area (Å²) in [4.78, 5) is 13.6. The van der Waals surface area contributed by atoms with Gasteiger partial charge in [-0.05, 0) is 36.6 Å². The number of thioether (sulfide) groups is 1. The molecule has 0 radical (unpaired) electrons. The Morgan fingerprint density at radius 3 is 2.76 bits per heavy atom. The lowest BCUT2D eigenvalue weighted by atomic mass is 9.91. The van der Waals surface area contributed by atoms with Gasteiger partial charge in [0.25, 0.3) is 0 Å². The van der Waals surface area contributed by atoms with Gasteiger partial charge in [0.2, 0.25) is 0 Å². The zero-order valence-corrected chi connectivity index (χ0v) is 13.3. The second-order valence-corrected chi connectivity index (χ2v) is 6.61. The fraction of sp³-hybridized carbons (Fsp3) is 0.562. The van der Waals surface area contributed by atoms with Gasteiger partial charge in [0, 0.05) is 7.05 Å². The van der Waals surface area contributed by atoms with Gasteiger partial charge in [0.1, 0.15) is 5.82 Å². The van der Waals surface area contributed by atoms with Gasteiger partial charge >= 0.3 is 6.03 Å². The molecule has 0 heterocycles. The van der Waals surface area contributed by atoms with Crippen molar-refractivity contribution in [1.29, 1.82) is 0 Å². The highest BCUT2D eigenvalue weighted by Gasteiger charge is 2.15. The summed E-state index contributed by atoms with van der Waals surface area (Å²) in [6.45, 7) is 0. The largest absolute Gasteiger partial charge is 0.322 e. The molecule has 1 aliphatic rings. The summed E-state index contributed by atoms with van der Waals surface area (Å²) < 4.78 is 13.5. The number of para-hydroxylation sites is 1. The first-order valence-corrected chi connectivity index (χ1v) is 8.66. The maximum atomic E-state index is 13.5. The minimum Gasteiger partial charge on any atom is -0.318 e. The lowest BCUT2D eigenvalue weighted by molar-refractivity contribution is 0.229. The number of hydrogen-bond acceptors (Lipinski definition) is 2. The van der Waals surface area contributed by atoms with E-state index in [-0.39, 0.29) is 11.7 Å². The lowest BCUT2D eigenvalue weighted by Crippen LogP contribution is -2.31. The van der Waals surface area contributed by atoms with Crippen molar-refractivity contribution in [2.24, 2.45) is 5.92 Å². The quantitative estimate of drug-likeness (QED) is 0.809. The average molecular weight is 310 g/mol. The third-order valence-corrected chi connectivity index (χ3v) is 5.10. The summed E-state index contributed by atoms with van der Waals surface area (Å²) in [5.41, 5.74) is 0.228. The van der Waals surface area contributed by atoms with E-state index in [0.29, 0.717) is 5.88 Å². The molecule has 2 rings (SSSR count). The van der Waals surface area contributed by atoms with Crippen molar-refractivity contribution in [2.45, 2.75) is 32.1 Å². The van der Waals surface area contributed by atoms with Gasteiger partial charge in [0.15, 0.2) is 0 Å². The molecule has 0 bridgehead atoms. The molecule has 0 spiro atoms. The molecule has 5 heteroatoms. The Morgan fingerprint density at radius 2 is 2.05 bits per heavy atom. The van der Waals surface area contributed by atoms with Gasteiger partial charge in [-0.25, -0.2) is 9.18 Å². The Bertz CT molecular complexity index is 463. The number of rotatable bonds is 5. The summed E-state index contributed by atoms with van der Waals surface area (Å²) in [6, 6.07) is 5.95. The number of halogens is 1. The molecule has 1 aromatic carbocycles. The van der Waals surface area contributed by atoms with Crippen LogP contribution >= 0.6 is 11.8 Å². The van der Waals surface area contributed by atoms with Crippen molar-refractivity contribution in [1.82, 2.24) is 4.90 Å². The second-order valence-electron chi connectivity index (χ2n) is 5.61. The molecule has 0 aromatic heterocycles. The number of nitrogens with one attached hydrogen (secondary N) is 1. The number of nitrogens with zero attached hydrogens (tertiary/aromatic N) is 1. The van der Waals surface area contributed by atoms with Gasteiger partial charge in [-0.2, -0.15) is 0 Å². The number of carbonyl (C=O) groups is 1. The number of carbonyl (C=O) groups excluding carboxylic acids is 1. The predicted octanol–water partition coefficient (Wildman–Crippen LogP) is 4.56. The molecule has 1 N–H and O–H groups in total. The van der Waals surface area contributed by atoms with Crippen molar-refractivity contribution in [3.8, 4) is 0 Å². The summed E-state index contributed by atoms with van der Waals surface area (Å²) in [5.74, 6) is 2.13. The lowest BCUT2D eigenvalue weighted by Gasteiger charge is -2.23. The fourth-order valence-corrected chi connectivity index (χ4v) is 3.71. The molecule has 3 nitrogen and oxygen atoms in total.